The molecule has 0 saturated carbocycles. The highest BCUT2D eigenvalue weighted by atomic mass is 35.5. The van der Waals surface area contributed by atoms with Crippen LogP contribution in [0, 0.1) is 0 Å². The molecule has 0 radical (unpaired) electrons. The minimum Gasteiger partial charge on any atom is -0.456 e. The molecular formula is C21H24ClN5O5. The van der Waals surface area contributed by atoms with Gasteiger partial charge in [-0.25, -0.2) is 14.6 Å². The Morgan fingerprint density at radius 2 is 2.00 bits per heavy atom. The molecule has 3 rings (SSSR count). The Balaban J connectivity index is 1.75. The lowest BCUT2D eigenvalue weighted by Crippen LogP contribution is -2.39. The van der Waals surface area contributed by atoms with E-state index in [0.29, 0.717) is 12.4 Å². The van der Waals surface area contributed by atoms with Crippen LogP contribution >= 0.6 is 11.6 Å². The Bertz CT molecular complexity index is 1280. The van der Waals surface area contributed by atoms with E-state index in [4.69, 9.17) is 16.3 Å². The number of hydrogen-bond acceptors (Lipinski definition) is 6. The van der Waals surface area contributed by atoms with Gasteiger partial charge in [0, 0.05) is 13.6 Å². The number of benzene rings is 1. The van der Waals surface area contributed by atoms with Crippen molar-refractivity contribution in [1.29, 1.82) is 0 Å². The van der Waals surface area contributed by atoms with Gasteiger partial charge in [-0.2, -0.15) is 0 Å². The first-order valence-corrected chi connectivity index (χ1v) is 10.5. The van der Waals surface area contributed by atoms with Gasteiger partial charge >= 0.3 is 11.7 Å². The van der Waals surface area contributed by atoms with Crippen molar-refractivity contribution in [3.05, 3.63) is 61.5 Å². The molecule has 0 aliphatic carbocycles. The fraction of sp³-hybridized carbons (Fsp3) is 0.381. The van der Waals surface area contributed by atoms with Crippen LogP contribution in [0.5, 0.6) is 0 Å². The molecule has 0 aliphatic heterocycles. The van der Waals surface area contributed by atoms with Crippen LogP contribution < -0.4 is 16.6 Å². The van der Waals surface area contributed by atoms with Crippen LogP contribution in [0.2, 0.25) is 5.02 Å². The van der Waals surface area contributed by atoms with E-state index in [2.05, 4.69) is 15.3 Å². The third-order valence-corrected chi connectivity index (χ3v) is 5.33. The van der Waals surface area contributed by atoms with Gasteiger partial charge in [-0.1, -0.05) is 37.1 Å². The number of esters is 1. The Morgan fingerprint density at radius 3 is 2.69 bits per heavy atom. The molecule has 0 bridgehead atoms. The van der Waals surface area contributed by atoms with E-state index < -0.39 is 29.2 Å². The van der Waals surface area contributed by atoms with Crippen LogP contribution in [0.1, 0.15) is 42.9 Å². The summed E-state index contributed by atoms with van der Waals surface area (Å²) in [5.74, 6) is -0.900. The highest BCUT2D eigenvalue weighted by molar-refractivity contribution is 6.33. The van der Waals surface area contributed by atoms with Crippen molar-refractivity contribution in [3.8, 4) is 0 Å². The molecule has 3 aromatic rings. The number of imidazole rings is 1. The van der Waals surface area contributed by atoms with Gasteiger partial charge in [0.25, 0.3) is 11.5 Å². The van der Waals surface area contributed by atoms with Crippen LogP contribution in [0.4, 0.5) is 0 Å². The van der Waals surface area contributed by atoms with E-state index in [9.17, 15) is 19.2 Å². The second-order valence-corrected chi connectivity index (χ2v) is 7.71. The van der Waals surface area contributed by atoms with Crippen LogP contribution in [-0.4, -0.2) is 37.0 Å². The molecule has 10 nitrogen and oxygen atoms in total. The maximum atomic E-state index is 12.4. The number of aryl methyl sites for hydroxylation is 2. The number of ether oxygens (including phenoxy) is 1. The largest absolute Gasteiger partial charge is 0.456 e. The van der Waals surface area contributed by atoms with Crippen LogP contribution in [0.25, 0.3) is 11.2 Å². The van der Waals surface area contributed by atoms with E-state index in [1.54, 1.807) is 31.3 Å². The second-order valence-electron chi connectivity index (χ2n) is 7.31. The number of H-pyrrole nitrogens is 1. The normalized spacial score (nSPS) is 12.0. The van der Waals surface area contributed by atoms with Gasteiger partial charge in [0.15, 0.2) is 11.2 Å². The Morgan fingerprint density at radius 1 is 1.28 bits per heavy atom. The fourth-order valence-corrected chi connectivity index (χ4v) is 3.40. The average molecular weight is 462 g/mol. The number of nitrogens with zero attached hydrogens (tertiary/aromatic N) is 3. The van der Waals surface area contributed by atoms with Crippen LogP contribution in [0.15, 0.2) is 33.9 Å². The summed E-state index contributed by atoms with van der Waals surface area (Å²) in [6.07, 6.45) is 1.60. The maximum absolute atomic E-state index is 12.4. The first-order valence-electron chi connectivity index (χ1n) is 10.1. The van der Waals surface area contributed by atoms with E-state index in [1.807, 2.05) is 6.92 Å². The summed E-state index contributed by atoms with van der Waals surface area (Å²) in [5, 5.41) is 2.81. The minimum atomic E-state index is -0.945. The van der Waals surface area contributed by atoms with Gasteiger partial charge in [-0.05, 0) is 25.5 Å². The Hall–Kier alpha value is -3.40. The van der Waals surface area contributed by atoms with Crippen molar-refractivity contribution in [2.75, 3.05) is 0 Å². The van der Waals surface area contributed by atoms with Crippen molar-refractivity contribution >= 4 is 34.6 Å². The molecule has 11 heteroatoms. The van der Waals surface area contributed by atoms with E-state index in [0.717, 1.165) is 12.8 Å². The Kier molecular flexibility index (Phi) is 7.14. The molecule has 1 atom stereocenters. The van der Waals surface area contributed by atoms with Crippen LogP contribution in [0.3, 0.4) is 0 Å². The number of carbonyl (C=O) groups excluding carboxylic acids is 2. The summed E-state index contributed by atoms with van der Waals surface area (Å²) in [6, 6.07) is 5.54. The maximum Gasteiger partial charge on any atom is 0.330 e. The van der Waals surface area contributed by atoms with Gasteiger partial charge in [-0.15, -0.1) is 0 Å². The monoisotopic (exact) mass is 461 g/mol. The number of amides is 1. The van der Waals surface area contributed by atoms with Gasteiger partial charge < -0.3 is 14.6 Å². The van der Waals surface area contributed by atoms with Gasteiger partial charge in [0.1, 0.15) is 18.5 Å². The lowest BCUT2D eigenvalue weighted by atomic mass is 10.2. The van der Waals surface area contributed by atoms with Crippen molar-refractivity contribution in [3.63, 3.8) is 0 Å². The highest BCUT2D eigenvalue weighted by Gasteiger charge is 2.21. The first-order chi connectivity index (χ1) is 15.2. The van der Waals surface area contributed by atoms with Crippen LogP contribution in [-0.2, 0) is 29.7 Å². The highest BCUT2D eigenvalue weighted by Crippen LogP contribution is 2.15. The molecule has 2 N–H and O–H groups in total. The first kappa shape index (κ1) is 23.3. The third-order valence-electron chi connectivity index (χ3n) is 5.00. The summed E-state index contributed by atoms with van der Waals surface area (Å²) in [5.41, 5.74) is -0.403. The number of aromatic amines is 1. The quantitative estimate of drug-likeness (QED) is 0.492. The zero-order valence-corrected chi connectivity index (χ0v) is 18.7. The number of unbranched alkanes of at least 4 members (excludes halogenated alkanes) is 1. The number of rotatable bonds is 8. The van der Waals surface area contributed by atoms with Gasteiger partial charge in [0.05, 0.1) is 10.6 Å². The summed E-state index contributed by atoms with van der Waals surface area (Å²) in [6.45, 7) is 3.64. The molecule has 1 amide bonds. The number of carbonyl (C=O) groups is 2. The van der Waals surface area contributed by atoms with Gasteiger partial charge in [0.2, 0.25) is 0 Å². The summed E-state index contributed by atoms with van der Waals surface area (Å²) in [7, 11) is 1.60. The van der Waals surface area contributed by atoms with Crippen molar-refractivity contribution < 1.29 is 14.3 Å². The zero-order valence-electron chi connectivity index (χ0n) is 18.0. The molecule has 1 aromatic carbocycles. The fourth-order valence-electron chi connectivity index (χ4n) is 3.18. The molecule has 0 fully saturated rings. The second kappa shape index (κ2) is 9.82. The van der Waals surface area contributed by atoms with E-state index in [1.165, 1.54) is 16.1 Å². The molecule has 170 valence electrons. The lowest BCUT2D eigenvalue weighted by molar-refractivity contribution is -0.147. The predicted molar refractivity (Wildman–Crippen MR) is 119 cm³/mol. The SMILES string of the molecule is CCCCn1c(=O)[nH]c(=O)c2c1nc(COC(=O)[C@H](C)NC(=O)c1ccccc1Cl)n2C. The molecule has 0 aliphatic rings. The molecule has 2 heterocycles. The smallest absolute Gasteiger partial charge is 0.330 e. The molecule has 0 spiro atoms. The topological polar surface area (TPSA) is 128 Å². The minimum absolute atomic E-state index is 0.215. The molecular weight excluding hydrogens is 438 g/mol. The van der Waals surface area contributed by atoms with Crippen molar-refractivity contribution in [2.45, 2.75) is 45.9 Å². The molecule has 2 aromatic heterocycles. The third kappa shape index (κ3) is 4.75. The number of hydrogen-bond donors (Lipinski definition) is 2. The number of aromatic nitrogens is 4. The molecule has 0 saturated heterocycles. The summed E-state index contributed by atoms with van der Waals surface area (Å²) in [4.78, 5) is 55.9. The Labute approximate surface area is 188 Å². The summed E-state index contributed by atoms with van der Waals surface area (Å²) < 4.78 is 8.17. The lowest BCUT2D eigenvalue weighted by Gasteiger charge is -2.14. The van der Waals surface area contributed by atoms with Crippen molar-refractivity contribution in [2.24, 2.45) is 7.05 Å². The number of fused-ring (bicyclic) bond motifs is 1. The standard InChI is InChI=1S/C21H24ClN5O5/c1-4-5-10-27-17-16(19(29)25-21(27)31)26(3)15(24-17)11-32-20(30)12(2)23-18(28)13-8-6-7-9-14(13)22/h6-9,12H,4-5,10-11H2,1-3H3,(H,23,28)(H,25,29,31)/t12-/m0/s1. The van der Waals surface area contributed by atoms with Crippen molar-refractivity contribution in [1.82, 2.24) is 24.4 Å². The number of halogens is 1. The zero-order chi connectivity index (χ0) is 23.4. The molecule has 0 unspecified atom stereocenters. The van der Waals surface area contributed by atoms with E-state index >= 15 is 0 Å². The average Bonchev–Trinajstić information content (AvgIpc) is 3.08. The van der Waals surface area contributed by atoms with E-state index in [-0.39, 0.29) is 28.4 Å². The number of nitrogens with one attached hydrogen (secondary N) is 2. The molecule has 32 heavy (non-hydrogen) atoms. The summed E-state index contributed by atoms with van der Waals surface area (Å²) >= 11 is 6.01. The predicted octanol–water partition coefficient (Wildman–Crippen LogP) is 1.74. The van der Waals surface area contributed by atoms with Gasteiger partial charge in [-0.3, -0.25) is 19.1 Å².